The zero-order chi connectivity index (χ0) is 38.2. The predicted octanol–water partition coefficient (Wildman–Crippen LogP) is 6.84. The number of ether oxygens (including phenoxy) is 4. The lowest BCUT2D eigenvalue weighted by Crippen LogP contribution is -2.50. The number of amides is 2. The quantitative estimate of drug-likeness (QED) is 0.211. The smallest absolute Gasteiger partial charge is 0.257 e. The number of hydrogen-bond acceptors (Lipinski definition) is 9. The van der Waals surface area contributed by atoms with Gasteiger partial charge in [-0.2, -0.15) is 0 Å². The molecule has 1 N–H and O–H groups in total. The highest BCUT2D eigenvalue weighted by Crippen LogP contribution is 2.43. The van der Waals surface area contributed by atoms with Gasteiger partial charge in [-0.25, -0.2) is 0 Å². The molecule has 11 heteroatoms. The van der Waals surface area contributed by atoms with Crippen molar-refractivity contribution in [1.82, 2.24) is 9.80 Å². The molecule has 0 saturated carbocycles. The van der Waals surface area contributed by atoms with Gasteiger partial charge in [0.05, 0.1) is 74.7 Å². The Morgan fingerprint density at radius 3 is 2.11 bits per heavy atom. The van der Waals surface area contributed by atoms with Crippen LogP contribution >= 0.6 is 0 Å². The number of carbonyl (C=O) groups excluding carboxylic acids is 2. The predicted molar refractivity (Wildman–Crippen MR) is 208 cm³/mol. The molecule has 0 aliphatic carbocycles. The lowest BCUT2D eigenvalue weighted by Gasteiger charge is -2.35. The zero-order valence-electron chi connectivity index (χ0n) is 32.5. The van der Waals surface area contributed by atoms with E-state index in [1.165, 1.54) is 0 Å². The van der Waals surface area contributed by atoms with Crippen LogP contribution in [-0.2, 0) is 0 Å². The number of rotatable bonds is 14. The standard InChI is InChI=1S/C42H56N4O7/c1-10-44-32-20-38(36(51-9)18-30(32)40(49)46-23-27(3)16-33(46)34(44)24-47)52-14-13-41(4,5)11-12-42(6,7)25-53-37-19-31-29(17-35(37)50-8)39(48)45-22-26(2)15-28(45)21-43-31/h17-21,28,33-34,47H,2-3,10-16,22-25H2,1,4-9H3/t28?,33-,34?/m0/s1. The topological polar surface area (TPSA) is 113 Å². The summed E-state index contributed by atoms with van der Waals surface area (Å²) in [4.78, 5) is 37.6. The van der Waals surface area contributed by atoms with E-state index < -0.39 is 0 Å². The van der Waals surface area contributed by atoms with Gasteiger partial charge in [-0.05, 0) is 62.0 Å². The number of methoxy groups -OCH3 is 2. The average Bonchev–Trinajstić information content (AvgIpc) is 3.66. The molecule has 53 heavy (non-hydrogen) atoms. The van der Waals surface area contributed by atoms with Crippen LogP contribution in [0.3, 0.4) is 0 Å². The third-order valence-electron chi connectivity index (χ3n) is 11.3. The van der Waals surface area contributed by atoms with Crippen LogP contribution in [0.2, 0.25) is 0 Å². The third kappa shape index (κ3) is 7.77. The molecular formula is C42H56N4O7. The molecule has 2 amide bonds. The molecule has 2 aromatic carbocycles. The van der Waals surface area contributed by atoms with Gasteiger partial charge in [0.15, 0.2) is 23.0 Å². The number of benzene rings is 2. The first-order valence-electron chi connectivity index (χ1n) is 18.8. The molecule has 2 saturated heterocycles. The lowest BCUT2D eigenvalue weighted by molar-refractivity contribution is 0.0707. The summed E-state index contributed by atoms with van der Waals surface area (Å²) in [6, 6.07) is 6.78. The van der Waals surface area contributed by atoms with Crippen LogP contribution in [0.4, 0.5) is 11.4 Å². The van der Waals surface area contributed by atoms with E-state index in [9.17, 15) is 14.7 Å². The monoisotopic (exact) mass is 728 g/mol. The lowest BCUT2D eigenvalue weighted by atomic mass is 9.78. The van der Waals surface area contributed by atoms with E-state index in [0.29, 0.717) is 79.1 Å². The van der Waals surface area contributed by atoms with Crippen molar-refractivity contribution < 1.29 is 33.6 Å². The first kappa shape index (κ1) is 38.2. The van der Waals surface area contributed by atoms with Crippen LogP contribution in [0.15, 0.2) is 53.6 Å². The molecule has 11 nitrogen and oxygen atoms in total. The van der Waals surface area contributed by atoms with Crippen molar-refractivity contribution >= 4 is 29.4 Å². The Hall–Kier alpha value is -4.51. The van der Waals surface area contributed by atoms with E-state index in [2.05, 4.69) is 50.7 Å². The van der Waals surface area contributed by atoms with E-state index >= 15 is 0 Å². The molecule has 0 radical (unpaired) electrons. The van der Waals surface area contributed by atoms with Crippen LogP contribution in [0.5, 0.6) is 23.0 Å². The molecule has 2 unspecified atom stereocenters. The molecule has 4 heterocycles. The minimum atomic E-state index is -0.244. The van der Waals surface area contributed by atoms with Gasteiger partial charge in [-0.3, -0.25) is 14.6 Å². The number of aliphatic imine (C=N–C) groups is 1. The van der Waals surface area contributed by atoms with Crippen molar-refractivity contribution in [3.63, 3.8) is 0 Å². The van der Waals surface area contributed by atoms with E-state index in [4.69, 9.17) is 18.9 Å². The van der Waals surface area contributed by atoms with Gasteiger partial charge >= 0.3 is 0 Å². The van der Waals surface area contributed by atoms with E-state index in [-0.39, 0.29) is 47.4 Å². The maximum absolute atomic E-state index is 13.8. The Morgan fingerprint density at radius 2 is 1.43 bits per heavy atom. The molecule has 286 valence electrons. The molecule has 0 aromatic heterocycles. The van der Waals surface area contributed by atoms with Gasteiger partial charge in [0, 0.05) is 38.0 Å². The summed E-state index contributed by atoms with van der Waals surface area (Å²) >= 11 is 0. The van der Waals surface area contributed by atoms with Crippen LogP contribution in [0.1, 0.15) is 87.4 Å². The van der Waals surface area contributed by atoms with Crippen LogP contribution < -0.4 is 23.8 Å². The summed E-state index contributed by atoms with van der Waals surface area (Å²) in [6.07, 6.45) is 5.89. The van der Waals surface area contributed by atoms with Gasteiger partial charge in [-0.1, -0.05) is 52.0 Å². The van der Waals surface area contributed by atoms with Crippen molar-refractivity contribution in [1.29, 1.82) is 0 Å². The second kappa shape index (κ2) is 15.1. The highest BCUT2D eigenvalue weighted by Gasteiger charge is 2.44. The number of anilines is 1. The highest BCUT2D eigenvalue weighted by molar-refractivity contribution is 6.04. The number of hydrogen-bond donors (Lipinski definition) is 1. The molecule has 2 fully saturated rings. The minimum absolute atomic E-state index is 0.0355. The molecule has 4 aliphatic rings. The number of aliphatic hydroxyl groups is 1. The summed E-state index contributed by atoms with van der Waals surface area (Å²) in [5.74, 6) is 2.02. The van der Waals surface area contributed by atoms with Crippen molar-refractivity contribution in [3.8, 4) is 23.0 Å². The van der Waals surface area contributed by atoms with Gasteiger partial charge < -0.3 is 38.8 Å². The number of fused-ring (bicyclic) bond motifs is 4. The molecule has 3 atom stereocenters. The molecular weight excluding hydrogens is 672 g/mol. The van der Waals surface area contributed by atoms with Crippen molar-refractivity contribution in [2.75, 3.05) is 58.6 Å². The average molecular weight is 729 g/mol. The van der Waals surface area contributed by atoms with Gasteiger partial charge in [-0.15, -0.1) is 0 Å². The first-order chi connectivity index (χ1) is 25.2. The number of aliphatic hydroxyl groups excluding tert-OH is 1. The minimum Gasteiger partial charge on any atom is -0.493 e. The Labute approximate surface area is 314 Å². The fourth-order valence-corrected chi connectivity index (χ4v) is 7.98. The molecule has 0 spiro atoms. The Bertz CT molecular complexity index is 1800. The summed E-state index contributed by atoms with van der Waals surface area (Å²) in [7, 11) is 3.18. The second-order valence-electron chi connectivity index (χ2n) is 16.5. The number of likely N-dealkylation sites (N-methyl/N-ethyl adjacent to an activating group) is 1. The van der Waals surface area contributed by atoms with Crippen LogP contribution in [0, 0.1) is 10.8 Å². The molecule has 4 aliphatic heterocycles. The van der Waals surface area contributed by atoms with E-state index in [0.717, 1.165) is 42.5 Å². The van der Waals surface area contributed by atoms with Gasteiger partial charge in [0.25, 0.3) is 11.8 Å². The number of nitrogens with zero attached hydrogens (tertiary/aromatic N) is 4. The Morgan fingerprint density at radius 1 is 0.811 bits per heavy atom. The van der Waals surface area contributed by atoms with E-state index in [1.807, 2.05) is 35.1 Å². The van der Waals surface area contributed by atoms with Crippen molar-refractivity contribution in [2.45, 2.75) is 84.8 Å². The van der Waals surface area contributed by atoms with Gasteiger partial charge in [0.2, 0.25) is 0 Å². The summed E-state index contributed by atoms with van der Waals surface area (Å²) in [5.41, 5.74) is 4.23. The fraction of sp³-hybridized carbons (Fsp3) is 0.548. The van der Waals surface area contributed by atoms with Gasteiger partial charge in [0.1, 0.15) is 0 Å². The largest absolute Gasteiger partial charge is 0.493 e. The second-order valence-corrected chi connectivity index (χ2v) is 16.5. The summed E-state index contributed by atoms with van der Waals surface area (Å²) in [6.45, 7) is 21.6. The molecule has 2 aromatic rings. The van der Waals surface area contributed by atoms with Crippen LogP contribution in [0.25, 0.3) is 0 Å². The maximum atomic E-state index is 13.8. The fourth-order valence-electron chi connectivity index (χ4n) is 7.98. The summed E-state index contributed by atoms with van der Waals surface area (Å²) < 4.78 is 24.2. The Kier molecular flexibility index (Phi) is 10.9. The third-order valence-corrected chi connectivity index (χ3v) is 11.3. The van der Waals surface area contributed by atoms with Crippen molar-refractivity contribution in [2.24, 2.45) is 15.8 Å². The maximum Gasteiger partial charge on any atom is 0.257 e. The SMILES string of the molecule is C=C1CC2C=Nc3cc(OCC(C)(C)CCC(C)(C)CCOc4cc5c(cc4OC)C(=O)N4CC(=C)C[C@H]4C(CO)N5CC)c(OC)cc3C(=O)N2C1. The molecule has 0 bridgehead atoms. The number of carbonyl (C=O) groups is 2. The highest BCUT2D eigenvalue weighted by atomic mass is 16.5. The molecule has 6 rings (SSSR count). The summed E-state index contributed by atoms with van der Waals surface area (Å²) in [5, 5.41) is 10.5. The normalized spacial score (nSPS) is 21.2. The zero-order valence-corrected chi connectivity index (χ0v) is 32.5. The van der Waals surface area contributed by atoms with E-state index in [1.54, 1.807) is 26.4 Å². The first-order valence-corrected chi connectivity index (χ1v) is 18.8. The van der Waals surface area contributed by atoms with Crippen LogP contribution in [-0.4, -0.2) is 105 Å². The van der Waals surface area contributed by atoms with Crippen molar-refractivity contribution in [3.05, 3.63) is 59.7 Å². The Balaban J connectivity index is 1.08.